The van der Waals surface area contributed by atoms with Crippen molar-refractivity contribution in [2.45, 2.75) is 39.6 Å². The highest BCUT2D eigenvalue weighted by Crippen LogP contribution is 2.14. The highest BCUT2D eigenvalue weighted by Gasteiger charge is 2.16. The van der Waals surface area contributed by atoms with Crippen LogP contribution < -0.4 is 10.9 Å². The summed E-state index contributed by atoms with van der Waals surface area (Å²) in [6.07, 6.45) is 0.755. The number of benzene rings is 3. The third-order valence-electron chi connectivity index (χ3n) is 5.34. The first-order chi connectivity index (χ1) is 16.2. The molecule has 4 aromatic rings. The second-order valence-corrected chi connectivity index (χ2v) is 7.90. The van der Waals surface area contributed by atoms with Crippen LogP contribution in [-0.2, 0) is 31.0 Å². The maximum Gasteiger partial charge on any atom is 0.274 e. The van der Waals surface area contributed by atoms with E-state index in [4.69, 9.17) is 4.74 Å². The summed E-state index contributed by atoms with van der Waals surface area (Å²) in [5.74, 6) is -0.304. The fourth-order valence-electron chi connectivity index (χ4n) is 3.72. The Bertz CT molecular complexity index is 1300. The minimum absolute atomic E-state index is 0.174. The van der Waals surface area contributed by atoms with Gasteiger partial charge in [0, 0.05) is 18.5 Å². The zero-order chi connectivity index (χ0) is 23.0. The van der Waals surface area contributed by atoms with Crippen LogP contribution in [0.1, 0.15) is 40.5 Å². The van der Waals surface area contributed by atoms with Crippen molar-refractivity contribution in [1.29, 1.82) is 0 Å². The SMILES string of the molecule is CCCn1nc(C(=O)NCc2cccc(COCc3ccccc3)c2)c2ccccc2c1=O. The maximum absolute atomic E-state index is 13.0. The van der Waals surface area contributed by atoms with Gasteiger partial charge in [0.25, 0.3) is 11.5 Å². The summed E-state index contributed by atoms with van der Waals surface area (Å²) in [6.45, 7) is 3.84. The van der Waals surface area contributed by atoms with Gasteiger partial charge in [0.2, 0.25) is 0 Å². The fourth-order valence-corrected chi connectivity index (χ4v) is 3.72. The van der Waals surface area contributed by atoms with Gasteiger partial charge in [0.05, 0.1) is 18.6 Å². The molecular weight excluding hydrogens is 414 g/mol. The lowest BCUT2D eigenvalue weighted by Gasteiger charge is -2.11. The summed E-state index contributed by atoms with van der Waals surface area (Å²) < 4.78 is 7.20. The van der Waals surface area contributed by atoms with Crippen LogP contribution in [-0.4, -0.2) is 15.7 Å². The number of aromatic nitrogens is 2. The van der Waals surface area contributed by atoms with Crippen LogP contribution >= 0.6 is 0 Å². The van der Waals surface area contributed by atoms with E-state index in [9.17, 15) is 9.59 Å². The number of hydrogen-bond acceptors (Lipinski definition) is 4. The van der Waals surface area contributed by atoms with Gasteiger partial charge in [0.1, 0.15) is 0 Å². The van der Waals surface area contributed by atoms with E-state index >= 15 is 0 Å². The lowest BCUT2D eigenvalue weighted by Crippen LogP contribution is -2.30. The number of hydrogen-bond donors (Lipinski definition) is 1. The zero-order valence-electron chi connectivity index (χ0n) is 18.7. The molecule has 0 bridgehead atoms. The van der Waals surface area contributed by atoms with E-state index < -0.39 is 0 Å². The number of carbonyl (C=O) groups excluding carboxylic acids is 1. The molecule has 6 nitrogen and oxygen atoms in total. The molecule has 1 heterocycles. The molecule has 1 aromatic heterocycles. The average Bonchev–Trinajstić information content (AvgIpc) is 2.85. The number of nitrogens with zero attached hydrogens (tertiary/aromatic N) is 2. The summed E-state index contributed by atoms with van der Waals surface area (Å²) in [5.41, 5.74) is 3.23. The van der Waals surface area contributed by atoms with Gasteiger partial charge in [-0.25, -0.2) is 4.68 Å². The Balaban J connectivity index is 1.44. The molecule has 6 heteroatoms. The minimum atomic E-state index is -0.304. The van der Waals surface area contributed by atoms with Crippen LogP contribution in [0.25, 0.3) is 10.8 Å². The van der Waals surface area contributed by atoms with Crippen LogP contribution in [0.4, 0.5) is 0 Å². The van der Waals surface area contributed by atoms with Gasteiger partial charge in [-0.05, 0) is 29.2 Å². The number of nitrogens with one attached hydrogen (secondary N) is 1. The Morgan fingerprint density at radius 1 is 0.879 bits per heavy atom. The highest BCUT2D eigenvalue weighted by molar-refractivity contribution is 6.04. The Morgan fingerprint density at radius 2 is 1.55 bits per heavy atom. The van der Waals surface area contributed by atoms with Crippen LogP contribution in [0.3, 0.4) is 0 Å². The van der Waals surface area contributed by atoms with Gasteiger partial charge in [-0.15, -0.1) is 0 Å². The molecule has 4 rings (SSSR count). The summed E-state index contributed by atoms with van der Waals surface area (Å²) in [7, 11) is 0. The van der Waals surface area contributed by atoms with E-state index in [1.165, 1.54) is 4.68 Å². The molecule has 1 amide bonds. The van der Waals surface area contributed by atoms with Crippen molar-refractivity contribution in [3.63, 3.8) is 0 Å². The standard InChI is InChI=1S/C27H27N3O3/c1-2-15-30-27(32)24-14-7-6-13-23(24)25(29-30)26(31)28-17-21-11-8-12-22(16-21)19-33-18-20-9-4-3-5-10-20/h3-14,16H,2,15,17-19H2,1H3,(H,28,31). The Hall–Kier alpha value is -3.77. The first-order valence-corrected chi connectivity index (χ1v) is 11.1. The molecular formula is C27H27N3O3. The van der Waals surface area contributed by atoms with Crippen LogP contribution in [0, 0.1) is 0 Å². The third-order valence-corrected chi connectivity index (χ3v) is 5.34. The Labute approximate surface area is 192 Å². The molecule has 0 saturated heterocycles. The lowest BCUT2D eigenvalue weighted by atomic mass is 10.1. The van der Waals surface area contributed by atoms with Crippen molar-refractivity contribution >= 4 is 16.7 Å². The Kier molecular flexibility index (Phi) is 7.27. The molecule has 0 atom stereocenters. The summed E-state index contributed by atoms with van der Waals surface area (Å²) in [5, 5.41) is 8.38. The highest BCUT2D eigenvalue weighted by atomic mass is 16.5. The zero-order valence-corrected chi connectivity index (χ0v) is 18.7. The van der Waals surface area contributed by atoms with E-state index in [0.717, 1.165) is 23.1 Å². The molecule has 0 spiro atoms. The van der Waals surface area contributed by atoms with Gasteiger partial charge in [-0.1, -0.05) is 79.7 Å². The predicted molar refractivity (Wildman–Crippen MR) is 129 cm³/mol. The number of carbonyl (C=O) groups is 1. The maximum atomic E-state index is 13.0. The van der Waals surface area contributed by atoms with Gasteiger partial charge < -0.3 is 10.1 Å². The normalized spacial score (nSPS) is 10.9. The van der Waals surface area contributed by atoms with Crippen molar-refractivity contribution in [3.8, 4) is 0 Å². The molecule has 33 heavy (non-hydrogen) atoms. The molecule has 3 aromatic carbocycles. The van der Waals surface area contributed by atoms with Crippen LogP contribution in [0.2, 0.25) is 0 Å². The van der Waals surface area contributed by atoms with E-state index in [1.54, 1.807) is 18.2 Å². The van der Waals surface area contributed by atoms with Crippen molar-refractivity contribution in [2.75, 3.05) is 0 Å². The summed E-state index contributed by atoms with van der Waals surface area (Å²) >= 11 is 0. The third kappa shape index (κ3) is 5.54. The van der Waals surface area contributed by atoms with E-state index in [-0.39, 0.29) is 17.2 Å². The topological polar surface area (TPSA) is 73.2 Å². The number of aryl methyl sites for hydroxylation is 1. The molecule has 0 aliphatic carbocycles. The minimum Gasteiger partial charge on any atom is -0.372 e. The van der Waals surface area contributed by atoms with Crippen molar-refractivity contribution in [2.24, 2.45) is 0 Å². The number of fused-ring (bicyclic) bond motifs is 1. The number of amides is 1. The quantitative estimate of drug-likeness (QED) is 0.416. The largest absolute Gasteiger partial charge is 0.372 e. The number of ether oxygens (including phenoxy) is 1. The average molecular weight is 442 g/mol. The summed E-state index contributed by atoms with van der Waals surface area (Å²) in [4.78, 5) is 25.6. The first kappa shape index (κ1) is 22.4. The van der Waals surface area contributed by atoms with Gasteiger partial charge >= 0.3 is 0 Å². The summed E-state index contributed by atoms with van der Waals surface area (Å²) in [6, 6.07) is 25.1. The van der Waals surface area contributed by atoms with E-state index in [1.807, 2.05) is 67.6 Å². The van der Waals surface area contributed by atoms with Crippen molar-refractivity contribution in [3.05, 3.63) is 112 Å². The second kappa shape index (κ2) is 10.7. The second-order valence-electron chi connectivity index (χ2n) is 7.90. The van der Waals surface area contributed by atoms with E-state index in [2.05, 4.69) is 10.4 Å². The van der Waals surface area contributed by atoms with Crippen LogP contribution in [0.5, 0.6) is 0 Å². The fraction of sp³-hybridized carbons (Fsp3) is 0.222. The molecule has 1 N–H and O–H groups in total. The number of rotatable bonds is 9. The molecule has 0 aliphatic rings. The van der Waals surface area contributed by atoms with Crippen molar-refractivity contribution in [1.82, 2.24) is 15.1 Å². The van der Waals surface area contributed by atoms with Crippen LogP contribution in [0.15, 0.2) is 83.7 Å². The predicted octanol–water partition coefficient (Wildman–Crippen LogP) is 4.45. The molecule has 0 fully saturated rings. The first-order valence-electron chi connectivity index (χ1n) is 11.1. The van der Waals surface area contributed by atoms with Gasteiger partial charge in [0.15, 0.2) is 5.69 Å². The van der Waals surface area contributed by atoms with E-state index in [0.29, 0.717) is 37.1 Å². The lowest BCUT2D eigenvalue weighted by molar-refractivity contribution is 0.0945. The van der Waals surface area contributed by atoms with Gasteiger partial charge in [-0.2, -0.15) is 5.10 Å². The monoisotopic (exact) mass is 441 g/mol. The molecule has 0 unspecified atom stereocenters. The smallest absolute Gasteiger partial charge is 0.274 e. The molecule has 0 aliphatic heterocycles. The van der Waals surface area contributed by atoms with Gasteiger partial charge in [-0.3, -0.25) is 9.59 Å². The molecule has 0 radical (unpaired) electrons. The van der Waals surface area contributed by atoms with Crippen molar-refractivity contribution < 1.29 is 9.53 Å². The molecule has 0 saturated carbocycles. The molecule has 168 valence electrons. The Morgan fingerprint density at radius 3 is 2.33 bits per heavy atom.